The van der Waals surface area contributed by atoms with Crippen molar-refractivity contribution in [2.24, 2.45) is 7.05 Å². The van der Waals surface area contributed by atoms with E-state index < -0.39 is 5.54 Å². The Kier molecular flexibility index (Phi) is 4.89. The van der Waals surface area contributed by atoms with Gasteiger partial charge in [-0.25, -0.2) is 0 Å². The Balaban J connectivity index is 2.79. The zero-order chi connectivity index (χ0) is 14.6. The number of nitrogens with zero attached hydrogens (tertiary/aromatic N) is 2. The van der Waals surface area contributed by atoms with Gasteiger partial charge < -0.3 is 10.4 Å². The summed E-state index contributed by atoms with van der Waals surface area (Å²) >= 11 is 0. The first kappa shape index (κ1) is 15.4. The Bertz CT molecular complexity index is 485. The molecule has 5 nitrogen and oxygen atoms in total. The normalized spacial score (nSPS) is 14.6. The predicted octanol–water partition coefficient (Wildman–Crippen LogP) is 1.33. The van der Waals surface area contributed by atoms with Gasteiger partial charge in [0, 0.05) is 24.4 Å². The highest BCUT2D eigenvalue weighted by Gasteiger charge is 2.21. The van der Waals surface area contributed by atoms with Crippen molar-refractivity contribution in [2.75, 3.05) is 6.61 Å². The number of amides is 1. The highest BCUT2D eigenvalue weighted by molar-refractivity contribution is 5.92. The number of carbonyl (C=O) groups is 1. The summed E-state index contributed by atoms with van der Waals surface area (Å²) in [4.78, 5) is 11.8. The Labute approximate surface area is 114 Å². The monoisotopic (exact) mass is 265 g/mol. The van der Waals surface area contributed by atoms with Gasteiger partial charge in [0.25, 0.3) is 0 Å². The number of aliphatic hydroxyl groups excluding tert-OH is 1. The van der Waals surface area contributed by atoms with Crippen LogP contribution in [0.1, 0.15) is 37.2 Å². The van der Waals surface area contributed by atoms with Gasteiger partial charge in [0.15, 0.2) is 0 Å². The van der Waals surface area contributed by atoms with E-state index in [2.05, 4.69) is 10.4 Å². The van der Waals surface area contributed by atoms with Crippen LogP contribution in [-0.2, 0) is 11.8 Å². The lowest BCUT2D eigenvalue weighted by Gasteiger charge is -2.26. The molecule has 5 heteroatoms. The summed E-state index contributed by atoms with van der Waals surface area (Å²) in [5.74, 6) is -0.207. The molecule has 0 fully saturated rings. The summed E-state index contributed by atoms with van der Waals surface area (Å²) in [6, 6.07) is 0. The minimum absolute atomic E-state index is 0.0754. The van der Waals surface area contributed by atoms with Crippen LogP contribution in [0.5, 0.6) is 0 Å². The van der Waals surface area contributed by atoms with Crippen molar-refractivity contribution in [2.45, 2.75) is 39.7 Å². The van der Waals surface area contributed by atoms with Crippen LogP contribution in [0.25, 0.3) is 6.08 Å². The molecule has 1 aromatic heterocycles. The molecule has 0 aromatic carbocycles. The van der Waals surface area contributed by atoms with Crippen LogP contribution in [0.3, 0.4) is 0 Å². The van der Waals surface area contributed by atoms with Gasteiger partial charge in [-0.3, -0.25) is 9.48 Å². The number of carbonyl (C=O) groups excluding carboxylic acids is 1. The lowest BCUT2D eigenvalue weighted by atomic mass is 10.0. The molecular formula is C14H23N3O2. The minimum Gasteiger partial charge on any atom is -0.394 e. The molecule has 1 aromatic rings. The molecule has 0 bridgehead atoms. The van der Waals surface area contributed by atoms with Gasteiger partial charge in [-0.2, -0.15) is 5.10 Å². The van der Waals surface area contributed by atoms with Crippen LogP contribution in [0.2, 0.25) is 0 Å². The highest BCUT2D eigenvalue weighted by atomic mass is 16.3. The third kappa shape index (κ3) is 3.67. The van der Waals surface area contributed by atoms with Gasteiger partial charge in [0.2, 0.25) is 5.91 Å². The van der Waals surface area contributed by atoms with E-state index in [0.29, 0.717) is 6.42 Å². The average molecular weight is 265 g/mol. The van der Waals surface area contributed by atoms with E-state index in [1.165, 1.54) is 6.08 Å². The molecule has 0 aliphatic carbocycles. The smallest absolute Gasteiger partial charge is 0.244 e. The number of hydrogen-bond donors (Lipinski definition) is 2. The van der Waals surface area contributed by atoms with Gasteiger partial charge in [0.1, 0.15) is 0 Å². The topological polar surface area (TPSA) is 67.2 Å². The number of rotatable bonds is 5. The maximum atomic E-state index is 11.8. The first-order chi connectivity index (χ1) is 8.83. The molecule has 19 heavy (non-hydrogen) atoms. The number of aliphatic hydroxyl groups is 1. The molecule has 0 saturated carbocycles. The van der Waals surface area contributed by atoms with Crippen molar-refractivity contribution in [3.63, 3.8) is 0 Å². The quantitative estimate of drug-likeness (QED) is 0.789. The van der Waals surface area contributed by atoms with Crippen molar-refractivity contribution >= 4 is 12.0 Å². The summed E-state index contributed by atoms with van der Waals surface area (Å²) in [5, 5.41) is 16.4. The van der Waals surface area contributed by atoms with E-state index in [4.69, 9.17) is 0 Å². The minimum atomic E-state index is -0.569. The molecule has 1 heterocycles. The second-order valence-electron chi connectivity index (χ2n) is 5.10. The lowest BCUT2D eigenvalue weighted by molar-refractivity contribution is -0.118. The van der Waals surface area contributed by atoms with Gasteiger partial charge in [-0.05, 0) is 33.3 Å². The van der Waals surface area contributed by atoms with E-state index in [1.807, 2.05) is 34.7 Å². The SMILES string of the molecule is CCC(C)(CO)NC(=O)C=Cc1c(C)nn(C)c1C. The predicted molar refractivity (Wildman–Crippen MR) is 75.6 cm³/mol. The Morgan fingerprint density at radius 3 is 2.58 bits per heavy atom. The molecule has 0 aliphatic rings. The summed E-state index contributed by atoms with van der Waals surface area (Å²) in [5.41, 5.74) is 2.30. The third-order valence-electron chi connectivity index (χ3n) is 3.52. The van der Waals surface area contributed by atoms with Crippen LogP contribution in [-0.4, -0.2) is 32.9 Å². The fraction of sp³-hybridized carbons (Fsp3) is 0.571. The molecule has 2 N–H and O–H groups in total. The fourth-order valence-electron chi connectivity index (χ4n) is 1.77. The molecule has 1 atom stereocenters. The van der Waals surface area contributed by atoms with Crippen molar-refractivity contribution in [3.8, 4) is 0 Å². The van der Waals surface area contributed by atoms with E-state index in [-0.39, 0.29) is 12.5 Å². The molecule has 1 rings (SSSR count). The van der Waals surface area contributed by atoms with E-state index in [0.717, 1.165) is 17.0 Å². The number of hydrogen-bond acceptors (Lipinski definition) is 3. The number of nitrogens with one attached hydrogen (secondary N) is 1. The maximum Gasteiger partial charge on any atom is 0.244 e. The van der Waals surface area contributed by atoms with Gasteiger partial charge in [-0.15, -0.1) is 0 Å². The van der Waals surface area contributed by atoms with Gasteiger partial charge in [-0.1, -0.05) is 6.92 Å². The number of aryl methyl sites for hydroxylation is 2. The van der Waals surface area contributed by atoms with E-state index in [1.54, 1.807) is 10.8 Å². The maximum absolute atomic E-state index is 11.8. The molecular weight excluding hydrogens is 242 g/mol. The molecule has 0 radical (unpaired) electrons. The fourth-order valence-corrected chi connectivity index (χ4v) is 1.77. The standard InChI is InChI=1S/C14H23N3O2/c1-6-14(4,9-18)15-13(19)8-7-12-10(2)16-17(5)11(12)3/h7-8,18H,6,9H2,1-5H3,(H,15,19). The van der Waals surface area contributed by atoms with E-state index >= 15 is 0 Å². The van der Waals surface area contributed by atoms with Crippen LogP contribution in [0.15, 0.2) is 6.08 Å². The molecule has 0 aliphatic heterocycles. The summed E-state index contributed by atoms with van der Waals surface area (Å²) in [6.45, 7) is 7.54. The van der Waals surface area contributed by atoms with E-state index in [9.17, 15) is 9.90 Å². The largest absolute Gasteiger partial charge is 0.394 e. The van der Waals surface area contributed by atoms with Gasteiger partial charge >= 0.3 is 0 Å². The Morgan fingerprint density at radius 1 is 1.53 bits per heavy atom. The van der Waals surface area contributed by atoms with Crippen molar-refractivity contribution in [3.05, 3.63) is 23.0 Å². The first-order valence-electron chi connectivity index (χ1n) is 6.44. The van der Waals surface area contributed by atoms with Crippen LogP contribution in [0.4, 0.5) is 0 Å². The van der Waals surface area contributed by atoms with Crippen LogP contribution in [0, 0.1) is 13.8 Å². The van der Waals surface area contributed by atoms with Crippen LogP contribution < -0.4 is 5.32 Å². The zero-order valence-electron chi connectivity index (χ0n) is 12.3. The van der Waals surface area contributed by atoms with Crippen LogP contribution >= 0.6 is 0 Å². The zero-order valence-corrected chi connectivity index (χ0v) is 12.3. The third-order valence-corrected chi connectivity index (χ3v) is 3.52. The average Bonchev–Trinajstić information content (AvgIpc) is 2.61. The Hall–Kier alpha value is -1.62. The Morgan fingerprint density at radius 2 is 2.16 bits per heavy atom. The first-order valence-corrected chi connectivity index (χ1v) is 6.44. The molecule has 1 unspecified atom stereocenters. The van der Waals surface area contributed by atoms with Gasteiger partial charge in [0.05, 0.1) is 17.8 Å². The number of aromatic nitrogens is 2. The molecule has 106 valence electrons. The second-order valence-corrected chi connectivity index (χ2v) is 5.10. The molecule has 0 saturated heterocycles. The molecule has 1 amide bonds. The lowest BCUT2D eigenvalue weighted by Crippen LogP contribution is -2.47. The van der Waals surface area contributed by atoms with Crippen molar-refractivity contribution in [1.82, 2.24) is 15.1 Å². The second kappa shape index (κ2) is 6.02. The van der Waals surface area contributed by atoms with Crippen molar-refractivity contribution in [1.29, 1.82) is 0 Å². The highest BCUT2D eigenvalue weighted by Crippen LogP contribution is 2.14. The summed E-state index contributed by atoms with van der Waals surface area (Å²) in [7, 11) is 1.87. The van der Waals surface area contributed by atoms with Crippen molar-refractivity contribution < 1.29 is 9.90 Å². The molecule has 0 spiro atoms. The summed E-state index contributed by atoms with van der Waals surface area (Å²) in [6.07, 6.45) is 3.93. The summed E-state index contributed by atoms with van der Waals surface area (Å²) < 4.78 is 1.79.